The van der Waals surface area contributed by atoms with E-state index < -0.39 is 37.5 Å². The molecule has 2 atom stereocenters. The van der Waals surface area contributed by atoms with Crippen LogP contribution in [-0.4, -0.2) is 47.3 Å². The Bertz CT molecular complexity index is 1700. The van der Waals surface area contributed by atoms with Crippen molar-refractivity contribution in [1.82, 2.24) is 14.5 Å². The summed E-state index contributed by atoms with van der Waals surface area (Å²) in [5.74, 6) is -1.29. The van der Waals surface area contributed by atoms with Crippen molar-refractivity contribution in [3.05, 3.63) is 77.1 Å². The van der Waals surface area contributed by atoms with Crippen LogP contribution >= 0.6 is 7.14 Å². The Morgan fingerprint density at radius 1 is 1.03 bits per heavy atom. The van der Waals surface area contributed by atoms with Gasteiger partial charge in [0.1, 0.15) is 30.4 Å². The van der Waals surface area contributed by atoms with Crippen molar-refractivity contribution in [2.75, 3.05) is 20.4 Å². The number of hydrogen-bond donors (Lipinski definition) is 0. The molecule has 0 saturated heterocycles. The number of fused-ring (bicyclic) bond motifs is 9. The minimum atomic E-state index is -3.09. The number of rotatable bonds is 4. The maximum absolute atomic E-state index is 15.3. The van der Waals surface area contributed by atoms with Crippen LogP contribution in [0.2, 0.25) is 0 Å². The van der Waals surface area contributed by atoms with Gasteiger partial charge in [-0.05, 0) is 49.2 Å². The van der Waals surface area contributed by atoms with Gasteiger partial charge in [-0.2, -0.15) is 8.78 Å². The van der Waals surface area contributed by atoms with Gasteiger partial charge in [-0.15, -0.1) is 0 Å². The molecule has 0 aliphatic carbocycles. The van der Waals surface area contributed by atoms with Gasteiger partial charge in [0.25, 0.3) is 5.91 Å². The lowest BCUT2D eigenvalue weighted by molar-refractivity contribution is -0.0507. The first kappa shape index (κ1) is 24.7. The summed E-state index contributed by atoms with van der Waals surface area (Å²) in [6.45, 7) is -0.173. The molecule has 0 saturated carbocycles. The van der Waals surface area contributed by atoms with Crippen LogP contribution in [0.4, 0.5) is 17.6 Å². The Hall–Kier alpha value is -3.65. The minimum Gasteiger partial charge on any atom is -0.434 e. The summed E-state index contributed by atoms with van der Waals surface area (Å²) >= 11 is 0. The fourth-order valence-corrected chi connectivity index (χ4v) is 6.65. The second-order valence-corrected chi connectivity index (χ2v) is 13.1. The number of imidazole rings is 1. The lowest BCUT2D eigenvalue weighted by atomic mass is 9.97. The fourth-order valence-electron chi connectivity index (χ4n) is 5.63. The molecule has 0 radical (unpaired) electrons. The zero-order valence-electron chi connectivity index (χ0n) is 20.6. The molecule has 6 nitrogen and oxygen atoms in total. The number of hydrogen-bond acceptors (Lipinski definition) is 4. The molecule has 3 heterocycles. The topological polar surface area (TPSA) is 64.4 Å². The standard InChI is InChI=1S/C27H22F4N3O3P/c1-33-21-12-20(24-14(26(33)35)5-4-6-22(24)37-27(30)31)34-19-10-15(16(28)11-18(19)32-25(21)34)13-7-8-23(17(29)9-13)38(2,3)36/h4-11,20-21,27H,12H2,1-3H3/t20-,21-/m1/s1. The second kappa shape index (κ2) is 8.43. The number of nitrogens with zero attached hydrogens (tertiary/aromatic N) is 3. The van der Waals surface area contributed by atoms with Crippen LogP contribution in [0.5, 0.6) is 5.75 Å². The SMILES string of the molecule is CN1C(=O)c2cccc(OC(F)F)c2[C@H]2C[C@@H]1c1nc3cc(F)c(-c4ccc(P(C)(C)=O)c(F)c4)cc3n12. The van der Waals surface area contributed by atoms with Crippen molar-refractivity contribution in [3.8, 4) is 16.9 Å². The average molecular weight is 543 g/mol. The summed E-state index contributed by atoms with van der Waals surface area (Å²) < 4.78 is 75.7. The van der Waals surface area contributed by atoms with Gasteiger partial charge < -0.3 is 18.8 Å². The van der Waals surface area contributed by atoms with Crippen LogP contribution in [0.25, 0.3) is 22.2 Å². The number of ether oxygens (including phenoxy) is 1. The Morgan fingerprint density at radius 2 is 1.79 bits per heavy atom. The maximum atomic E-state index is 15.3. The third-order valence-electron chi connectivity index (χ3n) is 7.33. The van der Waals surface area contributed by atoms with E-state index >= 15 is 4.39 Å². The van der Waals surface area contributed by atoms with Crippen molar-refractivity contribution in [2.24, 2.45) is 0 Å². The third kappa shape index (κ3) is 3.65. The number of halogens is 4. The van der Waals surface area contributed by atoms with Crippen molar-refractivity contribution < 1.29 is 31.7 Å². The van der Waals surface area contributed by atoms with Crippen LogP contribution in [-0.2, 0) is 4.57 Å². The summed E-state index contributed by atoms with van der Waals surface area (Å²) in [5.41, 5.74) is 1.74. The molecular weight excluding hydrogens is 521 g/mol. The van der Waals surface area contributed by atoms with E-state index in [-0.39, 0.29) is 33.7 Å². The van der Waals surface area contributed by atoms with Gasteiger partial charge in [-0.1, -0.05) is 12.1 Å². The number of carbonyl (C=O) groups is 1. The van der Waals surface area contributed by atoms with Crippen molar-refractivity contribution in [3.63, 3.8) is 0 Å². The smallest absolute Gasteiger partial charge is 0.387 e. The Balaban J connectivity index is 1.57. The predicted octanol–water partition coefficient (Wildman–Crippen LogP) is 5.95. The quantitative estimate of drug-likeness (QED) is 0.236. The molecule has 38 heavy (non-hydrogen) atoms. The zero-order chi connectivity index (χ0) is 27.1. The molecule has 0 unspecified atom stereocenters. The first-order valence-corrected chi connectivity index (χ1v) is 14.5. The first-order valence-electron chi connectivity index (χ1n) is 11.9. The molecule has 1 aromatic heterocycles. The molecular formula is C27H22F4N3O3P. The molecule has 1 amide bonds. The normalized spacial score (nSPS) is 18.6. The molecule has 0 spiro atoms. The summed E-state index contributed by atoms with van der Waals surface area (Å²) in [6, 6.07) is 10.3. The van der Waals surface area contributed by atoms with Gasteiger partial charge in [-0.25, -0.2) is 13.8 Å². The number of carbonyl (C=O) groups excluding carboxylic acids is 1. The van der Waals surface area contributed by atoms with E-state index in [0.717, 1.165) is 6.07 Å². The highest BCUT2D eigenvalue weighted by atomic mass is 31.2. The molecule has 6 rings (SSSR count). The number of benzene rings is 3. The number of amides is 1. The highest BCUT2D eigenvalue weighted by molar-refractivity contribution is 7.70. The number of alkyl halides is 2. The van der Waals surface area contributed by atoms with Gasteiger partial charge >= 0.3 is 6.61 Å². The molecule has 196 valence electrons. The summed E-state index contributed by atoms with van der Waals surface area (Å²) in [6.07, 6.45) is 0.370. The number of aromatic nitrogens is 2. The summed E-state index contributed by atoms with van der Waals surface area (Å²) in [5, 5.41) is 0.0777. The molecule has 2 bridgehead atoms. The van der Waals surface area contributed by atoms with Gasteiger partial charge in [0.2, 0.25) is 0 Å². The fraction of sp³-hybridized carbons (Fsp3) is 0.259. The van der Waals surface area contributed by atoms with Crippen molar-refractivity contribution in [1.29, 1.82) is 0 Å². The van der Waals surface area contributed by atoms with E-state index in [2.05, 4.69) is 4.98 Å². The molecule has 11 heteroatoms. The Kier molecular flexibility index (Phi) is 5.47. The van der Waals surface area contributed by atoms with Crippen LogP contribution in [0.15, 0.2) is 48.5 Å². The van der Waals surface area contributed by atoms with Crippen LogP contribution < -0.4 is 10.0 Å². The van der Waals surface area contributed by atoms with Gasteiger partial charge in [-0.3, -0.25) is 4.79 Å². The van der Waals surface area contributed by atoms with E-state index in [4.69, 9.17) is 4.74 Å². The molecule has 0 fully saturated rings. The van der Waals surface area contributed by atoms with Gasteiger partial charge in [0, 0.05) is 41.5 Å². The predicted molar refractivity (Wildman–Crippen MR) is 135 cm³/mol. The third-order valence-corrected chi connectivity index (χ3v) is 8.86. The lowest BCUT2D eigenvalue weighted by Gasteiger charge is -2.24. The average Bonchev–Trinajstić information content (AvgIpc) is 3.34. The van der Waals surface area contributed by atoms with E-state index in [1.165, 1.54) is 48.6 Å². The molecule has 2 aliphatic rings. The lowest BCUT2D eigenvalue weighted by Crippen LogP contribution is -2.30. The first-order chi connectivity index (χ1) is 18.0. The van der Waals surface area contributed by atoms with Gasteiger partial charge in [0.15, 0.2) is 0 Å². The van der Waals surface area contributed by atoms with Crippen molar-refractivity contribution >= 4 is 29.4 Å². The monoisotopic (exact) mass is 543 g/mol. The largest absolute Gasteiger partial charge is 0.434 e. The maximum Gasteiger partial charge on any atom is 0.387 e. The van der Waals surface area contributed by atoms with Crippen LogP contribution in [0.1, 0.15) is 40.3 Å². The van der Waals surface area contributed by atoms with Crippen LogP contribution in [0, 0.1) is 11.6 Å². The highest BCUT2D eigenvalue weighted by Crippen LogP contribution is 2.50. The highest BCUT2D eigenvalue weighted by Gasteiger charge is 2.45. The molecule has 4 aromatic rings. The molecule has 0 N–H and O–H groups in total. The van der Waals surface area contributed by atoms with Gasteiger partial charge in [0.05, 0.1) is 23.1 Å². The van der Waals surface area contributed by atoms with E-state index in [9.17, 15) is 22.5 Å². The van der Waals surface area contributed by atoms with E-state index in [1.54, 1.807) is 19.2 Å². The van der Waals surface area contributed by atoms with E-state index in [0.29, 0.717) is 28.8 Å². The van der Waals surface area contributed by atoms with Crippen molar-refractivity contribution in [2.45, 2.75) is 25.1 Å². The Morgan fingerprint density at radius 3 is 2.47 bits per heavy atom. The Labute approximate surface area is 215 Å². The molecule has 2 aliphatic heterocycles. The minimum absolute atomic E-state index is 0.0777. The zero-order valence-corrected chi connectivity index (χ0v) is 21.5. The summed E-state index contributed by atoms with van der Waals surface area (Å²) in [4.78, 5) is 19.4. The molecule has 3 aromatic carbocycles. The second-order valence-electron chi connectivity index (χ2n) is 9.96. The summed E-state index contributed by atoms with van der Waals surface area (Å²) in [7, 11) is -1.26. The van der Waals surface area contributed by atoms with E-state index in [1.807, 2.05) is 4.57 Å². The van der Waals surface area contributed by atoms with Crippen LogP contribution in [0.3, 0.4) is 0 Å².